The minimum atomic E-state index is 0.0150. The number of nitrogens with zero attached hydrogens (tertiary/aromatic N) is 3. The van der Waals surface area contributed by atoms with Crippen LogP contribution in [0.15, 0.2) is 100 Å². The highest BCUT2D eigenvalue weighted by Gasteiger charge is 2.44. The van der Waals surface area contributed by atoms with Crippen molar-refractivity contribution in [2.45, 2.75) is 13.8 Å². The molecule has 5 heteroatoms. The molecule has 0 bridgehead atoms. The zero-order chi connectivity index (χ0) is 20.0. The lowest BCUT2D eigenvalue weighted by Gasteiger charge is -2.26. The SMILES string of the molecule is Cc1cccc(C)c1Oc1ccc(C2=NC(C3=CC=C3)=C3C=NC=C[N+]23N)cc1. The molecule has 2 aromatic carbocycles. The van der Waals surface area contributed by atoms with E-state index in [-0.39, 0.29) is 4.59 Å². The molecule has 0 radical (unpaired) electrons. The Bertz CT molecular complexity index is 1180. The van der Waals surface area contributed by atoms with Gasteiger partial charge in [0.05, 0.1) is 18.0 Å². The fourth-order valence-corrected chi connectivity index (χ4v) is 3.69. The molecular formula is C24H21N4O+. The molecule has 5 nitrogen and oxygen atoms in total. The van der Waals surface area contributed by atoms with Crippen LogP contribution in [0.5, 0.6) is 11.5 Å². The van der Waals surface area contributed by atoms with Crippen LogP contribution in [0.2, 0.25) is 0 Å². The van der Waals surface area contributed by atoms with Crippen molar-refractivity contribution in [3.8, 4) is 11.5 Å². The van der Waals surface area contributed by atoms with E-state index < -0.39 is 0 Å². The number of nitrogens with two attached hydrogens (primary N) is 1. The Morgan fingerprint density at radius 2 is 1.72 bits per heavy atom. The molecular weight excluding hydrogens is 360 g/mol. The van der Waals surface area contributed by atoms with Crippen LogP contribution in [0.4, 0.5) is 0 Å². The molecule has 2 heterocycles. The first-order chi connectivity index (χ1) is 14.1. The fourth-order valence-electron chi connectivity index (χ4n) is 3.69. The van der Waals surface area contributed by atoms with Gasteiger partial charge < -0.3 is 4.74 Å². The lowest BCUT2D eigenvalue weighted by molar-refractivity contribution is -0.750. The highest BCUT2D eigenvalue weighted by Crippen LogP contribution is 2.36. The minimum absolute atomic E-state index is 0.0150. The van der Waals surface area contributed by atoms with Crippen LogP contribution in [-0.4, -0.2) is 16.6 Å². The van der Waals surface area contributed by atoms with Gasteiger partial charge in [0.25, 0.3) is 5.84 Å². The van der Waals surface area contributed by atoms with Gasteiger partial charge in [-0.15, -0.1) is 4.59 Å². The number of hydrogen-bond acceptors (Lipinski definition) is 4. The van der Waals surface area contributed by atoms with Crippen molar-refractivity contribution in [2.75, 3.05) is 0 Å². The summed E-state index contributed by atoms with van der Waals surface area (Å²) < 4.78 is 6.15. The van der Waals surface area contributed by atoms with E-state index in [9.17, 15) is 0 Å². The topological polar surface area (TPSA) is 60.0 Å². The summed E-state index contributed by atoms with van der Waals surface area (Å²) in [6.45, 7) is 4.10. The number of ether oxygens (including phenoxy) is 1. The van der Waals surface area contributed by atoms with Crippen LogP contribution in [0.1, 0.15) is 16.7 Å². The van der Waals surface area contributed by atoms with Crippen LogP contribution >= 0.6 is 0 Å². The first kappa shape index (κ1) is 17.6. The highest BCUT2D eigenvalue weighted by molar-refractivity contribution is 6.01. The summed E-state index contributed by atoms with van der Waals surface area (Å²) in [5, 5.41) is 0. The smallest absolute Gasteiger partial charge is 0.265 e. The molecule has 0 fully saturated rings. The lowest BCUT2D eigenvalue weighted by atomic mass is 10.0. The van der Waals surface area contributed by atoms with Gasteiger partial charge in [0, 0.05) is 5.57 Å². The predicted octanol–water partition coefficient (Wildman–Crippen LogP) is 4.81. The summed E-state index contributed by atoms with van der Waals surface area (Å²) in [7, 11) is 0. The maximum absolute atomic E-state index is 6.74. The number of allylic oxidation sites excluding steroid dienone is 4. The van der Waals surface area contributed by atoms with Crippen molar-refractivity contribution in [3.63, 3.8) is 0 Å². The number of benzene rings is 2. The van der Waals surface area contributed by atoms with Crippen molar-refractivity contribution in [1.82, 2.24) is 0 Å². The van der Waals surface area contributed by atoms with E-state index in [1.807, 2.05) is 54.8 Å². The molecule has 142 valence electrons. The van der Waals surface area contributed by atoms with Gasteiger partial charge >= 0.3 is 0 Å². The van der Waals surface area contributed by atoms with Crippen molar-refractivity contribution in [1.29, 1.82) is 0 Å². The molecule has 0 saturated heterocycles. The second-order valence-electron chi connectivity index (χ2n) is 7.35. The number of amidine groups is 1. The Morgan fingerprint density at radius 1 is 1.00 bits per heavy atom. The number of rotatable bonds is 4. The van der Waals surface area contributed by atoms with Gasteiger partial charge in [0.2, 0.25) is 5.70 Å². The van der Waals surface area contributed by atoms with Crippen molar-refractivity contribution in [2.24, 2.45) is 15.8 Å². The minimum Gasteiger partial charge on any atom is -0.457 e. The molecule has 0 saturated carbocycles. The normalized spacial score (nSPS) is 21.6. The Labute approximate surface area is 169 Å². The summed E-state index contributed by atoms with van der Waals surface area (Å²) in [6.07, 6.45) is 11.4. The van der Waals surface area contributed by atoms with E-state index in [1.54, 1.807) is 12.4 Å². The summed E-state index contributed by atoms with van der Waals surface area (Å²) in [4.78, 5) is 9.14. The standard InChI is InChI=1S/C24H21N4O/c1-16-5-3-6-17(2)23(16)29-20-11-9-19(10-12-20)24-27-22(18-7-4-8-18)21-15-26-13-14-28(21,24)25/h3-15H,25H2,1-2H3/q+1. The molecule has 1 atom stereocenters. The van der Waals surface area contributed by atoms with Crippen molar-refractivity contribution < 1.29 is 9.33 Å². The molecule has 0 aromatic heterocycles. The Morgan fingerprint density at radius 3 is 2.38 bits per heavy atom. The summed E-state index contributed by atoms with van der Waals surface area (Å²) in [5.41, 5.74) is 5.97. The Hall–Kier alpha value is -3.54. The van der Waals surface area contributed by atoms with Gasteiger partial charge in [-0.1, -0.05) is 36.4 Å². The highest BCUT2D eigenvalue weighted by atomic mass is 16.5. The third-order valence-corrected chi connectivity index (χ3v) is 5.36. The second kappa shape index (κ2) is 6.51. The zero-order valence-electron chi connectivity index (χ0n) is 16.3. The Balaban J connectivity index is 1.48. The van der Waals surface area contributed by atoms with Crippen molar-refractivity contribution in [3.05, 3.63) is 107 Å². The van der Waals surface area contributed by atoms with Crippen molar-refractivity contribution >= 4 is 12.1 Å². The number of para-hydroxylation sites is 1. The van der Waals surface area contributed by atoms with Crippen LogP contribution in [0.25, 0.3) is 0 Å². The zero-order valence-corrected chi connectivity index (χ0v) is 16.3. The van der Waals surface area contributed by atoms with Crippen LogP contribution in [0.3, 0.4) is 0 Å². The molecule has 2 aliphatic heterocycles. The van der Waals surface area contributed by atoms with Gasteiger partial charge in [0.15, 0.2) is 0 Å². The number of aryl methyl sites for hydroxylation is 2. The maximum Gasteiger partial charge on any atom is 0.265 e. The van der Waals surface area contributed by atoms with Crippen LogP contribution in [-0.2, 0) is 0 Å². The van der Waals surface area contributed by atoms with E-state index in [2.05, 4.69) is 31.0 Å². The van der Waals surface area contributed by atoms with E-state index in [0.29, 0.717) is 0 Å². The molecule has 3 aliphatic rings. The summed E-state index contributed by atoms with van der Waals surface area (Å²) in [6, 6.07) is 14.0. The van der Waals surface area contributed by atoms with E-state index in [0.717, 1.165) is 51.0 Å². The first-order valence-corrected chi connectivity index (χ1v) is 9.52. The predicted molar refractivity (Wildman–Crippen MR) is 115 cm³/mol. The van der Waals surface area contributed by atoms with Gasteiger partial charge in [-0.3, -0.25) is 4.99 Å². The monoisotopic (exact) mass is 381 g/mol. The second-order valence-corrected chi connectivity index (χ2v) is 7.35. The average Bonchev–Trinajstić information content (AvgIpc) is 2.97. The van der Waals surface area contributed by atoms with E-state index in [4.69, 9.17) is 15.6 Å². The number of hydrogen-bond donors (Lipinski definition) is 1. The number of fused-ring (bicyclic) bond motifs is 1. The molecule has 2 N–H and O–H groups in total. The largest absolute Gasteiger partial charge is 0.457 e. The lowest BCUT2D eigenvalue weighted by Crippen LogP contribution is -2.53. The van der Waals surface area contributed by atoms with Gasteiger partial charge in [0.1, 0.15) is 23.4 Å². The molecule has 1 aliphatic carbocycles. The van der Waals surface area contributed by atoms with Crippen LogP contribution in [0, 0.1) is 13.8 Å². The molecule has 29 heavy (non-hydrogen) atoms. The summed E-state index contributed by atoms with van der Waals surface area (Å²) >= 11 is 0. The average molecular weight is 381 g/mol. The van der Waals surface area contributed by atoms with Gasteiger partial charge in [-0.05, 0) is 49.2 Å². The quantitative estimate of drug-likeness (QED) is 0.610. The molecule has 0 spiro atoms. The third kappa shape index (κ3) is 2.79. The molecule has 2 aromatic rings. The van der Waals surface area contributed by atoms with E-state index >= 15 is 0 Å². The molecule has 5 rings (SSSR count). The van der Waals surface area contributed by atoms with Gasteiger partial charge in [-0.25, -0.2) is 0 Å². The number of quaternary nitrogens is 1. The number of aliphatic imine (C=N–C) groups is 2. The Kier molecular flexibility index (Phi) is 3.94. The molecule has 0 amide bonds. The van der Waals surface area contributed by atoms with Gasteiger partial charge in [-0.2, -0.15) is 10.8 Å². The molecule has 1 unspecified atom stereocenters. The summed E-state index contributed by atoms with van der Waals surface area (Å²) in [5.74, 6) is 9.17. The fraction of sp³-hybridized carbons (Fsp3) is 0.0833. The van der Waals surface area contributed by atoms with Crippen LogP contribution < -0.4 is 10.6 Å². The third-order valence-electron chi connectivity index (χ3n) is 5.36. The first-order valence-electron chi connectivity index (χ1n) is 9.52. The maximum atomic E-state index is 6.74. The van der Waals surface area contributed by atoms with E-state index in [1.165, 1.54) is 0 Å².